The van der Waals surface area contributed by atoms with Crippen LogP contribution in [-0.4, -0.2) is 23.9 Å². The largest absolute Gasteiger partial charge is 0.339 e. The first-order chi connectivity index (χ1) is 6.77. The molecule has 0 aliphatic carbocycles. The smallest absolute Gasteiger partial charge is 0.246 e. The first kappa shape index (κ1) is 11.3. The molecule has 2 heteroatoms. The van der Waals surface area contributed by atoms with E-state index in [0.717, 1.165) is 19.0 Å². The van der Waals surface area contributed by atoms with Gasteiger partial charge in [-0.2, -0.15) is 0 Å². The summed E-state index contributed by atoms with van der Waals surface area (Å²) in [6, 6.07) is 0. The molecule has 0 saturated carbocycles. The van der Waals surface area contributed by atoms with Gasteiger partial charge in [-0.25, -0.2) is 0 Å². The van der Waals surface area contributed by atoms with Gasteiger partial charge in [-0.15, -0.1) is 0 Å². The van der Waals surface area contributed by atoms with E-state index in [1.807, 2.05) is 17.9 Å². The molecule has 0 aromatic carbocycles. The molecular formula is C12H21NO. The second-order valence-electron chi connectivity index (χ2n) is 4.08. The summed E-state index contributed by atoms with van der Waals surface area (Å²) in [5, 5.41) is 0. The Labute approximate surface area is 87.0 Å². The summed E-state index contributed by atoms with van der Waals surface area (Å²) in [5.41, 5.74) is 0. The Kier molecular flexibility index (Phi) is 4.71. The number of hydrogen-bond donors (Lipinski definition) is 0. The van der Waals surface area contributed by atoms with Crippen LogP contribution in [0, 0.1) is 5.92 Å². The zero-order valence-electron chi connectivity index (χ0n) is 9.33. The van der Waals surface area contributed by atoms with Crippen molar-refractivity contribution in [1.82, 2.24) is 4.90 Å². The van der Waals surface area contributed by atoms with Crippen LogP contribution < -0.4 is 0 Å². The number of piperidine rings is 1. The highest BCUT2D eigenvalue weighted by Gasteiger charge is 2.21. The predicted octanol–water partition coefficient (Wildman–Crippen LogP) is 2.60. The van der Waals surface area contributed by atoms with Crippen LogP contribution in [0.5, 0.6) is 0 Å². The molecule has 0 bridgehead atoms. The van der Waals surface area contributed by atoms with Crippen LogP contribution in [0.15, 0.2) is 12.2 Å². The summed E-state index contributed by atoms with van der Waals surface area (Å²) >= 11 is 0. The van der Waals surface area contributed by atoms with E-state index < -0.39 is 0 Å². The fourth-order valence-corrected chi connectivity index (χ4v) is 2.16. The Morgan fingerprint density at radius 3 is 3.00 bits per heavy atom. The van der Waals surface area contributed by atoms with Crippen molar-refractivity contribution in [3.63, 3.8) is 0 Å². The lowest BCUT2D eigenvalue weighted by Crippen LogP contribution is -2.38. The third kappa shape index (κ3) is 3.17. The molecule has 0 radical (unpaired) electrons. The lowest BCUT2D eigenvalue weighted by Gasteiger charge is -2.32. The molecule has 1 fully saturated rings. The molecule has 0 aromatic rings. The fraction of sp³-hybridized carbons (Fsp3) is 0.750. The minimum Gasteiger partial charge on any atom is -0.339 e. The molecule has 0 N–H and O–H groups in total. The van der Waals surface area contributed by atoms with Crippen LogP contribution in [0.3, 0.4) is 0 Å². The third-order valence-electron chi connectivity index (χ3n) is 2.84. The van der Waals surface area contributed by atoms with Crippen molar-refractivity contribution >= 4 is 5.91 Å². The average molecular weight is 195 g/mol. The van der Waals surface area contributed by atoms with Gasteiger partial charge in [-0.05, 0) is 38.2 Å². The quantitative estimate of drug-likeness (QED) is 0.634. The van der Waals surface area contributed by atoms with Crippen molar-refractivity contribution < 1.29 is 4.79 Å². The zero-order chi connectivity index (χ0) is 10.4. The van der Waals surface area contributed by atoms with Gasteiger partial charge in [0.05, 0.1) is 0 Å². The zero-order valence-corrected chi connectivity index (χ0v) is 9.33. The highest BCUT2D eigenvalue weighted by atomic mass is 16.2. The van der Waals surface area contributed by atoms with Gasteiger partial charge in [0, 0.05) is 13.1 Å². The number of nitrogens with zero attached hydrogens (tertiary/aromatic N) is 1. The van der Waals surface area contributed by atoms with E-state index in [9.17, 15) is 4.79 Å². The van der Waals surface area contributed by atoms with Crippen molar-refractivity contribution in [3.8, 4) is 0 Å². The Bertz CT molecular complexity index is 208. The highest BCUT2D eigenvalue weighted by Crippen LogP contribution is 2.20. The fourth-order valence-electron chi connectivity index (χ4n) is 2.16. The van der Waals surface area contributed by atoms with Gasteiger partial charge in [0.1, 0.15) is 0 Å². The van der Waals surface area contributed by atoms with Gasteiger partial charge < -0.3 is 4.90 Å². The summed E-state index contributed by atoms with van der Waals surface area (Å²) in [5.74, 6) is 0.927. The molecule has 1 unspecified atom stereocenters. The van der Waals surface area contributed by atoms with E-state index in [2.05, 4.69) is 6.92 Å². The lowest BCUT2D eigenvalue weighted by molar-refractivity contribution is -0.127. The Morgan fingerprint density at radius 2 is 2.36 bits per heavy atom. The van der Waals surface area contributed by atoms with Crippen LogP contribution in [0.1, 0.15) is 39.5 Å². The highest BCUT2D eigenvalue weighted by molar-refractivity contribution is 5.87. The maximum Gasteiger partial charge on any atom is 0.246 e. The molecule has 2 nitrogen and oxygen atoms in total. The number of rotatable bonds is 3. The van der Waals surface area contributed by atoms with Crippen LogP contribution in [0.2, 0.25) is 0 Å². The summed E-state index contributed by atoms with van der Waals surface area (Å²) in [6.45, 7) is 6.03. The number of hydrogen-bond acceptors (Lipinski definition) is 1. The van der Waals surface area contributed by atoms with Gasteiger partial charge >= 0.3 is 0 Å². The Hall–Kier alpha value is -0.790. The van der Waals surface area contributed by atoms with Crippen molar-refractivity contribution in [1.29, 1.82) is 0 Å². The van der Waals surface area contributed by atoms with Crippen LogP contribution in [-0.2, 0) is 4.79 Å². The summed E-state index contributed by atoms with van der Waals surface area (Å²) in [7, 11) is 0. The second-order valence-corrected chi connectivity index (χ2v) is 4.08. The lowest BCUT2D eigenvalue weighted by atomic mass is 9.94. The van der Waals surface area contributed by atoms with E-state index in [4.69, 9.17) is 0 Å². The third-order valence-corrected chi connectivity index (χ3v) is 2.84. The molecule has 0 aromatic heterocycles. The number of carbonyl (C=O) groups is 1. The predicted molar refractivity (Wildman–Crippen MR) is 59.0 cm³/mol. The molecule has 0 spiro atoms. The Balaban J connectivity index is 2.43. The van der Waals surface area contributed by atoms with Gasteiger partial charge in [-0.1, -0.05) is 19.4 Å². The van der Waals surface area contributed by atoms with E-state index in [1.54, 1.807) is 6.08 Å². The standard InChI is InChI=1S/C12H21NO/c1-3-6-11-8-5-9-13(10-11)12(14)7-4-2/h4,7,11H,3,5-6,8-10H2,1-2H3/b7-4+. The topological polar surface area (TPSA) is 20.3 Å². The number of likely N-dealkylation sites (tertiary alicyclic amines) is 1. The number of allylic oxidation sites excluding steroid dienone is 1. The molecule has 1 atom stereocenters. The Morgan fingerprint density at radius 1 is 1.57 bits per heavy atom. The van der Waals surface area contributed by atoms with Crippen molar-refractivity contribution in [2.24, 2.45) is 5.92 Å². The normalized spacial score (nSPS) is 23.0. The summed E-state index contributed by atoms with van der Waals surface area (Å²) in [4.78, 5) is 13.6. The SMILES string of the molecule is C/C=C/C(=O)N1CCCC(CCC)C1. The molecule has 14 heavy (non-hydrogen) atoms. The van der Waals surface area contributed by atoms with E-state index >= 15 is 0 Å². The van der Waals surface area contributed by atoms with Crippen LogP contribution >= 0.6 is 0 Å². The van der Waals surface area contributed by atoms with Gasteiger partial charge in [-0.3, -0.25) is 4.79 Å². The van der Waals surface area contributed by atoms with E-state index in [1.165, 1.54) is 25.7 Å². The molecule has 1 aliphatic heterocycles. The maximum absolute atomic E-state index is 11.6. The van der Waals surface area contributed by atoms with Gasteiger partial charge in [0.2, 0.25) is 5.91 Å². The average Bonchev–Trinajstić information content (AvgIpc) is 2.19. The van der Waals surface area contributed by atoms with E-state index in [0.29, 0.717) is 0 Å². The summed E-state index contributed by atoms with van der Waals surface area (Å²) in [6.07, 6.45) is 8.47. The monoisotopic (exact) mass is 195 g/mol. The van der Waals surface area contributed by atoms with Crippen molar-refractivity contribution in [2.75, 3.05) is 13.1 Å². The van der Waals surface area contributed by atoms with Crippen LogP contribution in [0.4, 0.5) is 0 Å². The van der Waals surface area contributed by atoms with Crippen LogP contribution in [0.25, 0.3) is 0 Å². The molecule has 1 heterocycles. The second kappa shape index (κ2) is 5.84. The molecule has 1 saturated heterocycles. The first-order valence-electron chi connectivity index (χ1n) is 5.69. The first-order valence-corrected chi connectivity index (χ1v) is 5.69. The number of carbonyl (C=O) groups excluding carboxylic acids is 1. The van der Waals surface area contributed by atoms with Crippen molar-refractivity contribution in [3.05, 3.63) is 12.2 Å². The molecule has 1 rings (SSSR count). The molecule has 1 aliphatic rings. The van der Waals surface area contributed by atoms with Gasteiger partial charge in [0.15, 0.2) is 0 Å². The molecule has 80 valence electrons. The van der Waals surface area contributed by atoms with Crippen molar-refractivity contribution in [2.45, 2.75) is 39.5 Å². The van der Waals surface area contributed by atoms with E-state index in [-0.39, 0.29) is 5.91 Å². The number of amides is 1. The molecule has 1 amide bonds. The minimum atomic E-state index is 0.188. The summed E-state index contributed by atoms with van der Waals surface area (Å²) < 4.78 is 0. The molecular weight excluding hydrogens is 174 g/mol. The van der Waals surface area contributed by atoms with Gasteiger partial charge in [0.25, 0.3) is 0 Å². The minimum absolute atomic E-state index is 0.188. The maximum atomic E-state index is 11.6.